The Bertz CT molecular complexity index is 342. The third-order valence-corrected chi connectivity index (χ3v) is 2.56. The smallest absolute Gasteiger partial charge is 0.137 e. The summed E-state index contributed by atoms with van der Waals surface area (Å²) in [6.45, 7) is 2.85. The van der Waals surface area contributed by atoms with Crippen LogP contribution in [0.4, 0.5) is 5.82 Å². The molecular weight excluding hydrogens is 192 g/mol. The quantitative estimate of drug-likeness (QED) is 0.770. The molecule has 1 aliphatic heterocycles. The lowest BCUT2D eigenvalue weighted by atomic mass is 10.2. The predicted octanol–water partition coefficient (Wildman–Crippen LogP) is 0.292. The summed E-state index contributed by atoms with van der Waals surface area (Å²) in [5.41, 5.74) is 7.62. The normalized spacial score (nSPS) is 14.0. The Balaban J connectivity index is 2.17. The molecule has 1 aromatic heterocycles. The summed E-state index contributed by atoms with van der Waals surface area (Å²) in [5.74, 6) is 0.978. The van der Waals surface area contributed by atoms with Gasteiger partial charge in [0.15, 0.2) is 0 Å². The average Bonchev–Trinajstić information content (AvgIpc) is 2.73. The highest BCUT2D eigenvalue weighted by Crippen LogP contribution is 2.25. The van der Waals surface area contributed by atoms with Gasteiger partial charge in [0, 0.05) is 19.2 Å². The van der Waals surface area contributed by atoms with Crippen molar-refractivity contribution in [2.75, 3.05) is 25.0 Å². The summed E-state index contributed by atoms with van der Waals surface area (Å²) < 4.78 is 5.36. The molecule has 0 atom stereocenters. The molecule has 1 aliphatic rings. The fourth-order valence-electron chi connectivity index (χ4n) is 1.72. The van der Waals surface area contributed by atoms with E-state index in [2.05, 4.69) is 14.9 Å². The highest BCUT2D eigenvalue weighted by Gasteiger charge is 2.19. The molecule has 2 rings (SSSR count). The first-order chi connectivity index (χ1) is 7.33. The maximum atomic E-state index is 5.48. The highest BCUT2D eigenvalue weighted by atomic mass is 16.5. The largest absolute Gasteiger partial charge is 0.370 e. The Morgan fingerprint density at radius 1 is 1.47 bits per heavy atom. The van der Waals surface area contributed by atoms with E-state index in [0.717, 1.165) is 30.0 Å². The van der Waals surface area contributed by atoms with Gasteiger partial charge in [-0.1, -0.05) is 0 Å². The number of hydrogen-bond acceptors (Lipinski definition) is 5. The van der Waals surface area contributed by atoms with Gasteiger partial charge in [-0.2, -0.15) is 0 Å². The minimum Gasteiger partial charge on any atom is -0.370 e. The minimum atomic E-state index is 0.607. The van der Waals surface area contributed by atoms with E-state index in [4.69, 9.17) is 10.5 Å². The van der Waals surface area contributed by atoms with Crippen LogP contribution in [0.15, 0.2) is 6.33 Å². The summed E-state index contributed by atoms with van der Waals surface area (Å²) in [6, 6.07) is 0. The topological polar surface area (TPSA) is 64.3 Å². The van der Waals surface area contributed by atoms with Crippen LogP contribution in [0.5, 0.6) is 0 Å². The third kappa shape index (κ3) is 2.08. The van der Waals surface area contributed by atoms with Crippen molar-refractivity contribution in [2.24, 2.45) is 5.73 Å². The Labute approximate surface area is 89.3 Å². The molecule has 0 unspecified atom stereocenters. The number of anilines is 1. The molecule has 15 heavy (non-hydrogen) atoms. The van der Waals surface area contributed by atoms with Crippen molar-refractivity contribution >= 4 is 5.82 Å². The standard InChI is InChI=1S/C10H16N4O/c1-14(4-2-3-11)10-8-5-15-6-9(8)12-7-13-10/h7H,2-6,11H2,1H3. The molecule has 0 aliphatic carbocycles. The summed E-state index contributed by atoms with van der Waals surface area (Å²) >= 11 is 0. The van der Waals surface area contributed by atoms with Gasteiger partial charge in [0.2, 0.25) is 0 Å². The van der Waals surface area contributed by atoms with Gasteiger partial charge in [0.25, 0.3) is 0 Å². The maximum Gasteiger partial charge on any atom is 0.137 e. The summed E-state index contributed by atoms with van der Waals surface area (Å²) in [5, 5.41) is 0. The lowest BCUT2D eigenvalue weighted by Gasteiger charge is -2.19. The van der Waals surface area contributed by atoms with E-state index < -0.39 is 0 Å². The Morgan fingerprint density at radius 3 is 3.13 bits per heavy atom. The average molecular weight is 208 g/mol. The molecule has 0 bridgehead atoms. The second kappa shape index (κ2) is 4.55. The van der Waals surface area contributed by atoms with E-state index in [0.29, 0.717) is 19.8 Å². The van der Waals surface area contributed by atoms with Crippen molar-refractivity contribution in [3.05, 3.63) is 17.6 Å². The highest BCUT2D eigenvalue weighted by molar-refractivity contribution is 5.48. The molecule has 0 spiro atoms. The summed E-state index contributed by atoms with van der Waals surface area (Å²) in [6.07, 6.45) is 2.57. The van der Waals surface area contributed by atoms with E-state index in [-0.39, 0.29) is 0 Å². The van der Waals surface area contributed by atoms with Crippen LogP contribution in [0.25, 0.3) is 0 Å². The van der Waals surface area contributed by atoms with Crippen molar-refractivity contribution in [1.82, 2.24) is 9.97 Å². The first kappa shape index (κ1) is 10.3. The van der Waals surface area contributed by atoms with Gasteiger partial charge < -0.3 is 15.4 Å². The Morgan fingerprint density at radius 2 is 2.33 bits per heavy atom. The van der Waals surface area contributed by atoms with Crippen LogP contribution in [0.2, 0.25) is 0 Å². The molecular formula is C10H16N4O. The lowest BCUT2D eigenvalue weighted by Crippen LogP contribution is -2.23. The monoisotopic (exact) mass is 208 g/mol. The van der Waals surface area contributed by atoms with Gasteiger partial charge in [-0.05, 0) is 13.0 Å². The van der Waals surface area contributed by atoms with Crippen molar-refractivity contribution in [2.45, 2.75) is 19.6 Å². The zero-order valence-corrected chi connectivity index (χ0v) is 8.94. The molecule has 0 radical (unpaired) electrons. The number of rotatable bonds is 4. The molecule has 1 aromatic rings. The van der Waals surface area contributed by atoms with E-state index in [1.807, 2.05) is 7.05 Å². The lowest BCUT2D eigenvalue weighted by molar-refractivity contribution is 0.133. The first-order valence-electron chi connectivity index (χ1n) is 5.14. The fourth-order valence-corrected chi connectivity index (χ4v) is 1.72. The van der Waals surface area contributed by atoms with E-state index in [9.17, 15) is 0 Å². The van der Waals surface area contributed by atoms with E-state index in [1.165, 1.54) is 0 Å². The van der Waals surface area contributed by atoms with Gasteiger partial charge in [-0.25, -0.2) is 9.97 Å². The molecule has 0 amide bonds. The summed E-state index contributed by atoms with van der Waals surface area (Å²) in [4.78, 5) is 10.6. The zero-order chi connectivity index (χ0) is 10.7. The van der Waals surface area contributed by atoms with Crippen molar-refractivity contribution in [3.63, 3.8) is 0 Å². The minimum absolute atomic E-state index is 0.607. The van der Waals surface area contributed by atoms with Gasteiger partial charge in [0.05, 0.1) is 18.9 Å². The van der Waals surface area contributed by atoms with Gasteiger partial charge in [-0.3, -0.25) is 0 Å². The zero-order valence-electron chi connectivity index (χ0n) is 8.94. The van der Waals surface area contributed by atoms with Crippen LogP contribution >= 0.6 is 0 Å². The number of aromatic nitrogens is 2. The Hall–Kier alpha value is -1.20. The van der Waals surface area contributed by atoms with Gasteiger partial charge >= 0.3 is 0 Å². The van der Waals surface area contributed by atoms with Crippen LogP contribution < -0.4 is 10.6 Å². The molecule has 2 heterocycles. The third-order valence-electron chi connectivity index (χ3n) is 2.56. The number of fused-ring (bicyclic) bond motifs is 1. The molecule has 2 N–H and O–H groups in total. The van der Waals surface area contributed by atoms with Crippen molar-refractivity contribution in [1.29, 1.82) is 0 Å². The van der Waals surface area contributed by atoms with Crippen molar-refractivity contribution < 1.29 is 4.74 Å². The molecule has 0 aromatic carbocycles. The number of hydrogen-bond donors (Lipinski definition) is 1. The summed E-state index contributed by atoms with van der Waals surface area (Å²) in [7, 11) is 2.02. The fraction of sp³-hybridized carbons (Fsp3) is 0.600. The number of nitrogens with two attached hydrogens (primary N) is 1. The SMILES string of the molecule is CN(CCCN)c1ncnc2c1COC2. The second-order valence-electron chi connectivity index (χ2n) is 3.68. The first-order valence-corrected chi connectivity index (χ1v) is 5.14. The van der Waals surface area contributed by atoms with Crippen LogP contribution in [0.1, 0.15) is 17.7 Å². The van der Waals surface area contributed by atoms with Crippen LogP contribution in [0, 0.1) is 0 Å². The van der Waals surface area contributed by atoms with Crippen LogP contribution in [-0.4, -0.2) is 30.1 Å². The van der Waals surface area contributed by atoms with Crippen LogP contribution in [-0.2, 0) is 18.0 Å². The van der Waals surface area contributed by atoms with E-state index >= 15 is 0 Å². The van der Waals surface area contributed by atoms with Gasteiger partial charge in [0.1, 0.15) is 12.1 Å². The van der Waals surface area contributed by atoms with Gasteiger partial charge in [-0.15, -0.1) is 0 Å². The molecule has 0 saturated carbocycles. The number of ether oxygens (including phenoxy) is 1. The second-order valence-corrected chi connectivity index (χ2v) is 3.68. The van der Waals surface area contributed by atoms with E-state index in [1.54, 1.807) is 6.33 Å². The maximum absolute atomic E-state index is 5.48. The van der Waals surface area contributed by atoms with Crippen molar-refractivity contribution in [3.8, 4) is 0 Å². The molecule has 82 valence electrons. The Kier molecular flexibility index (Phi) is 3.13. The number of nitrogens with zero attached hydrogens (tertiary/aromatic N) is 3. The molecule has 0 fully saturated rings. The van der Waals surface area contributed by atoms with Crippen LogP contribution in [0.3, 0.4) is 0 Å². The molecule has 5 heteroatoms. The molecule has 5 nitrogen and oxygen atoms in total. The predicted molar refractivity (Wildman–Crippen MR) is 57.5 cm³/mol. The molecule has 0 saturated heterocycles.